The Kier molecular flexibility index (Phi) is 9.10. The number of carbonyl (C=O) groups is 2. The summed E-state index contributed by atoms with van der Waals surface area (Å²) in [5.41, 5.74) is -1.43. The van der Waals surface area contributed by atoms with Crippen LogP contribution >= 0.6 is 0 Å². The van der Waals surface area contributed by atoms with Crippen LogP contribution in [0.2, 0.25) is 0 Å². The van der Waals surface area contributed by atoms with Gasteiger partial charge in [-0.2, -0.15) is 0 Å². The molecule has 2 aliphatic heterocycles. The molecule has 0 radical (unpaired) electrons. The molecule has 0 amide bonds. The van der Waals surface area contributed by atoms with E-state index in [1.807, 2.05) is 0 Å². The van der Waals surface area contributed by atoms with Gasteiger partial charge in [-0.1, -0.05) is 84.8 Å². The Labute approximate surface area is 279 Å². The third kappa shape index (κ3) is 4.71. The van der Waals surface area contributed by atoms with Crippen molar-refractivity contribution >= 4 is 12.3 Å². The maximum atomic E-state index is 14.2. The van der Waals surface area contributed by atoms with Crippen molar-refractivity contribution in [3.63, 3.8) is 0 Å². The Morgan fingerprint density at radius 2 is 1.80 bits per heavy atom. The van der Waals surface area contributed by atoms with Crippen molar-refractivity contribution in [1.29, 1.82) is 0 Å². The van der Waals surface area contributed by atoms with Gasteiger partial charge in [-0.25, -0.2) is 0 Å². The molecule has 258 valence electrons. The molecule has 46 heavy (non-hydrogen) atoms. The summed E-state index contributed by atoms with van der Waals surface area (Å²) in [6.45, 7) is 18.0. The van der Waals surface area contributed by atoms with Gasteiger partial charge in [0.15, 0.2) is 0 Å². The number of aliphatic carboxylic acids is 1. The monoisotopic (exact) mass is 636 g/mol. The lowest BCUT2D eigenvalue weighted by molar-refractivity contribution is -0.197. The number of allylic oxidation sites excluding steroid dienone is 1. The zero-order chi connectivity index (χ0) is 32.4. The number of carboxylic acid groups (broad SMARTS) is 1. The topological polar surface area (TPSA) is 70.1 Å². The third-order valence-corrected chi connectivity index (χ3v) is 15.6. The van der Waals surface area contributed by atoms with E-state index < -0.39 is 22.2 Å². The lowest BCUT2D eigenvalue weighted by Gasteiger charge is -2.60. The minimum atomic E-state index is -1.14. The molecule has 1 N–H and O–H groups in total. The first-order valence-electron chi connectivity index (χ1n) is 19.6. The van der Waals surface area contributed by atoms with Gasteiger partial charge in [-0.3, -0.25) is 9.69 Å². The van der Waals surface area contributed by atoms with E-state index in [4.69, 9.17) is 4.74 Å². The number of carboxylic acids is 1. The van der Waals surface area contributed by atoms with Gasteiger partial charge in [0.2, 0.25) is 0 Å². The fourth-order valence-corrected chi connectivity index (χ4v) is 13.4. The van der Waals surface area contributed by atoms with Crippen LogP contribution in [0.15, 0.2) is 11.6 Å². The number of fused-ring (bicyclic) bond motifs is 2. The average molecular weight is 637 g/mol. The number of ether oxygens (including phenoxy) is 1. The number of likely N-dealkylation sites (N-methyl/N-ethyl adjacent to an activating group) is 1. The van der Waals surface area contributed by atoms with Crippen LogP contribution in [0.3, 0.4) is 0 Å². The third-order valence-electron chi connectivity index (χ3n) is 15.6. The SMILES string of the molecule is CCN(CCN1CCC(C)CC1)C[C@@H]1O[C@@H](C23C[C@@H]4[C@H](C)CC[C@H]4C4(C=O)CC2C=C(C(C)C)[C@]43C(=O)O)C[C@H]1C1CCCCC1. The molecule has 2 saturated heterocycles. The summed E-state index contributed by atoms with van der Waals surface area (Å²) >= 11 is 0. The summed E-state index contributed by atoms with van der Waals surface area (Å²) in [4.78, 5) is 33.1. The van der Waals surface area contributed by atoms with Crippen molar-refractivity contribution in [2.45, 2.75) is 124 Å². The Balaban J connectivity index is 1.23. The number of hydrogen-bond donors (Lipinski definition) is 1. The second-order valence-electron chi connectivity index (χ2n) is 17.7. The Morgan fingerprint density at radius 3 is 2.46 bits per heavy atom. The summed E-state index contributed by atoms with van der Waals surface area (Å²) in [6, 6.07) is 0. The van der Waals surface area contributed by atoms with Gasteiger partial charge in [-0.15, -0.1) is 0 Å². The number of piperidine rings is 1. The summed E-state index contributed by atoms with van der Waals surface area (Å²) in [5.74, 6) is 2.61. The predicted octanol–water partition coefficient (Wildman–Crippen LogP) is 7.32. The van der Waals surface area contributed by atoms with Crippen LogP contribution in [0, 0.1) is 63.6 Å². The lowest BCUT2D eigenvalue weighted by Crippen LogP contribution is -2.65. The van der Waals surface area contributed by atoms with Crippen LogP contribution in [0.25, 0.3) is 0 Å². The van der Waals surface area contributed by atoms with Gasteiger partial charge in [0, 0.05) is 25.0 Å². The normalized spacial score (nSPS) is 44.7. The van der Waals surface area contributed by atoms with Crippen molar-refractivity contribution in [3.05, 3.63) is 11.6 Å². The average Bonchev–Trinajstić information content (AvgIpc) is 3.77. The number of rotatable bonds is 11. The molecule has 5 aliphatic carbocycles. The van der Waals surface area contributed by atoms with Crippen LogP contribution in [0.1, 0.15) is 112 Å². The molecule has 6 nitrogen and oxygen atoms in total. The smallest absolute Gasteiger partial charge is 0.315 e. The molecule has 6 fully saturated rings. The first kappa shape index (κ1) is 33.3. The van der Waals surface area contributed by atoms with E-state index in [2.05, 4.69) is 50.5 Å². The van der Waals surface area contributed by atoms with Crippen molar-refractivity contribution in [3.8, 4) is 0 Å². The molecule has 0 aromatic carbocycles. The maximum Gasteiger partial charge on any atom is 0.315 e. The van der Waals surface area contributed by atoms with Gasteiger partial charge in [0.25, 0.3) is 0 Å². The van der Waals surface area contributed by atoms with Crippen molar-refractivity contribution in [2.24, 2.45) is 63.6 Å². The maximum absolute atomic E-state index is 14.2. The van der Waals surface area contributed by atoms with Crippen LogP contribution in [0.4, 0.5) is 0 Å². The molecule has 7 aliphatic rings. The lowest BCUT2D eigenvalue weighted by atomic mass is 9.41. The van der Waals surface area contributed by atoms with E-state index in [9.17, 15) is 14.7 Å². The van der Waals surface area contributed by atoms with E-state index in [1.165, 1.54) is 64.3 Å². The van der Waals surface area contributed by atoms with E-state index >= 15 is 0 Å². The number of carbonyl (C=O) groups excluding carboxylic acids is 1. The van der Waals surface area contributed by atoms with Crippen molar-refractivity contribution < 1.29 is 19.4 Å². The van der Waals surface area contributed by atoms with Crippen LogP contribution in [-0.2, 0) is 14.3 Å². The summed E-state index contributed by atoms with van der Waals surface area (Å²) < 4.78 is 7.52. The summed E-state index contributed by atoms with van der Waals surface area (Å²) in [6.07, 6.45) is 17.5. The second-order valence-corrected chi connectivity index (χ2v) is 17.7. The molecule has 2 heterocycles. The van der Waals surface area contributed by atoms with E-state index in [-0.39, 0.29) is 30.0 Å². The molecule has 6 heteroatoms. The molecule has 0 spiro atoms. The molecule has 0 aromatic rings. The van der Waals surface area contributed by atoms with Crippen molar-refractivity contribution in [2.75, 3.05) is 39.3 Å². The molecular weight excluding hydrogens is 572 g/mol. The number of aldehydes is 1. The van der Waals surface area contributed by atoms with Crippen molar-refractivity contribution in [1.82, 2.24) is 9.80 Å². The number of hydrogen-bond acceptors (Lipinski definition) is 5. The molecule has 7 rings (SSSR count). The Bertz CT molecular complexity index is 1170. The highest BCUT2D eigenvalue weighted by atomic mass is 16.5. The molecule has 10 atom stereocenters. The largest absolute Gasteiger partial charge is 0.481 e. The van der Waals surface area contributed by atoms with Crippen LogP contribution in [0.5, 0.6) is 0 Å². The van der Waals surface area contributed by atoms with Gasteiger partial charge < -0.3 is 19.5 Å². The number of nitrogens with zero attached hydrogens (tertiary/aromatic N) is 2. The zero-order valence-corrected chi connectivity index (χ0v) is 29.7. The van der Waals surface area contributed by atoms with Gasteiger partial charge >= 0.3 is 5.97 Å². The Hall–Kier alpha value is -1.24. The zero-order valence-electron chi connectivity index (χ0n) is 29.7. The summed E-state index contributed by atoms with van der Waals surface area (Å²) in [7, 11) is 0. The quantitative estimate of drug-likeness (QED) is 0.189. The van der Waals surface area contributed by atoms with Gasteiger partial charge in [-0.05, 0) is 106 Å². The molecule has 4 saturated carbocycles. The Morgan fingerprint density at radius 1 is 1.07 bits per heavy atom. The van der Waals surface area contributed by atoms with E-state index in [0.717, 1.165) is 63.4 Å². The highest BCUT2D eigenvalue weighted by molar-refractivity contribution is 5.90. The highest BCUT2D eigenvalue weighted by Gasteiger charge is 2.86. The van der Waals surface area contributed by atoms with E-state index in [1.54, 1.807) is 0 Å². The van der Waals surface area contributed by atoms with Crippen LogP contribution < -0.4 is 0 Å². The predicted molar refractivity (Wildman–Crippen MR) is 182 cm³/mol. The fourth-order valence-electron chi connectivity index (χ4n) is 13.4. The fraction of sp³-hybridized carbons (Fsp3) is 0.900. The molecule has 4 bridgehead atoms. The highest BCUT2D eigenvalue weighted by Crippen LogP contribution is 2.84. The first-order chi connectivity index (χ1) is 22.1. The number of likely N-dealkylation sites (tertiary alicyclic amines) is 1. The van der Waals surface area contributed by atoms with E-state index in [0.29, 0.717) is 30.1 Å². The molecule has 3 unspecified atom stereocenters. The molecule has 0 aromatic heterocycles. The summed E-state index contributed by atoms with van der Waals surface area (Å²) in [5, 5.41) is 11.6. The first-order valence-corrected chi connectivity index (χ1v) is 19.6. The minimum absolute atomic E-state index is 0.101. The second kappa shape index (κ2) is 12.6. The van der Waals surface area contributed by atoms with Gasteiger partial charge in [0.05, 0.1) is 17.6 Å². The minimum Gasteiger partial charge on any atom is -0.481 e. The standard InChI is InChI=1S/C40H64N2O4/c1-6-41(18-19-42-16-14-27(4)15-17-42)24-35-31(29-10-8-7-9-11-29)21-36(46-35)39-23-32-28(5)12-13-33(32)38(25-43)22-30(39)20-34(26(2)3)40(38,39)37(44)45/h20,25-33,35-36H,6-19,21-24H2,1-5H3,(H,44,45)/t28-,30?,31+,32-,33-,35+,36-,38?,39?,40+/m1/s1. The molecular formula is C40H64N2O4. The van der Waals surface area contributed by atoms with Gasteiger partial charge in [0.1, 0.15) is 11.7 Å². The van der Waals surface area contributed by atoms with Crippen LogP contribution in [-0.4, -0.2) is 78.6 Å².